The minimum absolute atomic E-state index is 0.0658. The molecule has 1 aromatic carbocycles. The molecule has 1 aromatic rings. The van der Waals surface area contributed by atoms with Crippen molar-refractivity contribution in [2.24, 2.45) is 9.98 Å². The summed E-state index contributed by atoms with van der Waals surface area (Å²) in [6.45, 7) is 8.88. The number of benzene rings is 1. The van der Waals surface area contributed by atoms with E-state index in [1.165, 1.54) is 17.3 Å². The van der Waals surface area contributed by atoms with Gasteiger partial charge in [0.05, 0.1) is 5.71 Å². The standard InChI is InChI=1S/C21H24N4O2S/c1-5-22-19(26)24-20-23-17(14-6-8-16(9-7-14)21(2,3)4)18(28-20)15-10-12-25(27)13-11-15/h6-13,27H,5H2,1-4H3,(H,22,26). The second kappa shape index (κ2) is 8.16. The molecule has 0 unspecified atom stereocenters. The van der Waals surface area contributed by atoms with Gasteiger partial charge in [-0.2, -0.15) is 4.99 Å². The Morgan fingerprint density at radius 3 is 2.43 bits per heavy atom. The molecule has 7 heteroatoms. The number of thioether (sulfide) groups is 1. The third kappa shape index (κ3) is 4.61. The van der Waals surface area contributed by atoms with E-state index in [0.717, 1.165) is 26.8 Å². The largest absolute Gasteiger partial charge is 0.343 e. The van der Waals surface area contributed by atoms with Gasteiger partial charge in [0.15, 0.2) is 5.17 Å². The monoisotopic (exact) mass is 396 g/mol. The molecule has 0 aromatic heterocycles. The van der Waals surface area contributed by atoms with Gasteiger partial charge in [0.25, 0.3) is 0 Å². The molecule has 0 saturated carbocycles. The molecule has 6 nitrogen and oxygen atoms in total. The second-order valence-corrected chi connectivity index (χ2v) is 8.39. The highest BCUT2D eigenvalue weighted by molar-refractivity contribution is 8.18. The molecule has 2 aliphatic rings. The number of carbonyl (C=O) groups excluding carboxylic acids is 1. The number of urea groups is 1. The molecular weight excluding hydrogens is 372 g/mol. The lowest BCUT2D eigenvalue weighted by Gasteiger charge is -2.19. The zero-order chi connectivity index (χ0) is 20.3. The van der Waals surface area contributed by atoms with Gasteiger partial charge in [-0.15, -0.1) is 0 Å². The number of carbonyl (C=O) groups is 1. The van der Waals surface area contributed by atoms with Crippen LogP contribution in [0.2, 0.25) is 0 Å². The molecule has 0 fully saturated rings. The van der Waals surface area contributed by atoms with Crippen LogP contribution in [-0.2, 0) is 5.41 Å². The van der Waals surface area contributed by atoms with Crippen molar-refractivity contribution in [3.05, 3.63) is 70.4 Å². The first-order valence-electron chi connectivity index (χ1n) is 9.10. The van der Waals surface area contributed by atoms with Crippen LogP contribution in [0.3, 0.4) is 0 Å². The summed E-state index contributed by atoms with van der Waals surface area (Å²) >= 11 is 1.35. The van der Waals surface area contributed by atoms with Crippen molar-refractivity contribution in [3.63, 3.8) is 0 Å². The summed E-state index contributed by atoms with van der Waals surface area (Å²) in [5, 5.41) is 13.6. The van der Waals surface area contributed by atoms with E-state index in [-0.39, 0.29) is 5.41 Å². The first kappa shape index (κ1) is 20.1. The lowest BCUT2D eigenvalue weighted by Crippen LogP contribution is -2.19. The van der Waals surface area contributed by atoms with Gasteiger partial charge in [0, 0.05) is 29.4 Å². The van der Waals surface area contributed by atoms with Crippen molar-refractivity contribution in [2.45, 2.75) is 33.1 Å². The topological polar surface area (TPSA) is 77.3 Å². The summed E-state index contributed by atoms with van der Waals surface area (Å²) in [7, 11) is 0. The fourth-order valence-electron chi connectivity index (χ4n) is 2.72. The Labute approximate surface area is 169 Å². The van der Waals surface area contributed by atoms with Gasteiger partial charge in [-0.3, -0.25) is 5.21 Å². The quantitative estimate of drug-likeness (QED) is 0.766. The molecule has 0 bridgehead atoms. The van der Waals surface area contributed by atoms with E-state index in [2.05, 4.69) is 48.2 Å². The maximum Gasteiger partial charge on any atom is 0.343 e. The fraction of sp³-hybridized carbons (Fsp3) is 0.286. The third-order valence-electron chi connectivity index (χ3n) is 4.24. The Kier molecular flexibility index (Phi) is 5.86. The summed E-state index contributed by atoms with van der Waals surface area (Å²) in [4.78, 5) is 21.4. The fourth-order valence-corrected chi connectivity index (χ4v) is 3.69. The number of nitrogens with zero attached hydrogens (tertiary/aromatic N) is 3. The van der Waals surface area contributed by atoms with Crippen molar-refractivity contribution in [1.29, 1.82) is 0 Å². The number of allylic oxidation sites excluding steroid dienone is 4. The SMILES string of the molecule is CCNC(=O)N=C1N=C(c2ccc(C(C)(C)C)cc2)C(=C2C=CN(O)C=C2)S1. The summed E-state index contributed by atoms with van der Waals surface area (Å²) < 4.78 is 0. The van der Waals surface area contributed by atoms with Crippen LogP contribution in [0.4, 0.5) is 4.79 Å². The van der Waals surface area contributed by atoms with E-state index in [1.807, 2.05) is 19.1 Å². The molecule has 2 heterocycles. The first-order chi connectivity index (χ1) is 13.3. The Morgan fingerprint density at radius 1 is 1.21 bits per heavy atom. The number of rotatable bonds is 2. The van der Waals surface area contributed by atoms with E-state index in [9.17, 15) is 10.0 Å². The van der Waals surface area contributed by atoms with E-state index in [0.29, 0.717) is 11.7 Å². The van der Waals surface area contributed by atoms with Crippen LogP contribution >= 0.6 is 11.8 Å². The average molecular weight is 397 g/mol. The maximum atomic E-state index is 11.9. The van der Waals surface area contributed by atoms with Gasteiger partial charge in [-0.25, -0.2) is 14.9 Å². The van der Waals surface area contributed by atoms with Crippen LogP contribution in [0.1, 0.15) is 38.8 Å². The number of aliphatic imine (C=N–C) groups is 2. The number of hydroxylamine groups is 2. The van der Waals surface area contributed by atoms with Crippen LogP contribution in [0.25, 0.3) is 0 Å². The van der Waals surface area contributed by atoms with Crippen molar-refractivity contribution in [3.8, 4) is 0 Å². The zero-order valence-electron chi connectivity index (χ0n) is 16.4. The van der Waals surface area contributed by atoms with Gasteiger partial charge in [-0.1, -0.05) is 45.0 Å². The minimum Gasteiger partial charge on any atom is -0.336 e. The van der Waals surface area contributed by atoms with Crippen LogP contribution in [-0.4, -0.2) is 33.7 Å². The van der Waals surface area contributed by atoms with Gasteiger partial charge in [-0.05, 0) is 47.4 Å². The molecule has 0 radical (unpaired) electrons. The molecule has 0 aliphatic carbocycles. The van der Waals surface area contributed by atoms with Crippen LogP contribution in [0.15, 0.2) is 69.3 Å². The van der Waals surface area contributed by atoms with Crippen LogP contribution < -0.4 is 5.32 Å². The Morgan fingerprint density at radius 2 is 1.86 bits per heavy atom. The molecule has 0 spiro atoms. The van der Waals surface area contributed by atoms with Crippen molar-refractivity contribution < 1.29 is 10.0 Å². The molecule has 0 atom stereocenters. The smallest absolute Gasteiger partial charge is 0.336 e. The molecule has 3 rings (SSSR count). The highest BCUT2D eigenvalue weighted by Gasteiger charge is 2.25. The molecule has 28 heavy (non-hydrogen) atoms. The Balaban J connectivity index is 2.02. The number of nitrogens with one attached hydrogen (secondary N) is 1. The highest BCUT2D eigenvalue weighted by atomic mass is 32.2. The summed E-state index contributed by atoms with van der Waals surface area (Å²) in [6.07, 6.45) is 6.72. The van der Waals surface area contributed by atoms with Crippen LogP contribution in [0.5, 0.6) is 0 Å². The summed E-state index contributed by atoms with van der Waals surface area (Å²) in [5.41, 5.74) is 3.92. The molecular formula is C21H24N4O2S. The van der Waals surface area contributed by atoms with Crippen molar-refractivity contribution >= 4 is 28.7 Å². The van der Waals surface area contributed by atoms with Crippen molar-refractivity contribution in [1.82, 2.24) is 10.4 Å². The number of hydrogen-bond donors (Lipinski definition) is 2. The first-order valence-corrected chi connectivity index (χ1v) is 9.92. The summed E-state index contributed by atoms with van der Waals surface area (Å²) in [6, 6.07) is 7.89. The summed E-state index contributed by atoms with van der Waals surface area (Å²) in [5.74, 6) is 0. The van der Waals surface area contributed by atoms with E-state index >= 15 is 0 Å². The predicted molar refractivity (Wildman–Crippen MR) is 115 cm³/mol. The van der Waals surface area contributed by atoms with E-state index in [4.69, 9.17) is 0 Å². The van der Waals surface area contributed by atoms with Crippen molar-refractivity contribution in [2.75, 3.05) is 6.54 Å². The maximum absolute atomic E-state index is 11.9. The highest BCUT2D eigenvalue weighted by Crippen LogP contribution is 2.35. The zero-order valence-corrected chi connectivity index (χ0v) is 17.2. The lowest BCUT2D eigenvalue weighted by molar-refractivity contribution is 0.0105. The Hall–Kier alpha value is -2.64. The van der Waals surface area contributed by atoms with Gasteiger partial charge >= 0.3 is 6.03 Å². The van der Waals surface area contributed by atoms with Gasteiger partial charge < -0.3 is 5.32 Å². The minimum atomic E-state index is -0.404. The normalized spacial score (nSPS) is 18.1. The number of hydrogen-bond acceptors (Lipinski definition) is 4. The van der Waals surface area contributed by atoms with E-state index < -0.39 is 6.03 Å². The molecule has 2 aliphatic heterocycles. The number of amidine groups is 1. The van der Waals surface area contributed by atoms with Gasteiger partial charge in [0.2, 0.25) is 0 Å². The van der Waals surface area contributed by atoms with Gasteiger partial charge in [0.1, 0.15) is 0 Å². The predicted octanol–water partition coefficient (Wildman–Crippen LogP) is 4.59. The molecule has 0 saturated heterocycles. The van der Waals surface area contributed by atoms with E-state index in [1.54, 1.807) is 24.6 Å². The third-order valence-corrected chi connectivity index (χ3v) is 5.24. The number of amides is 2. The lowest BCUT2D eigenvalue weighted by atomic mass is 9.86. The Bertz CT molecular complexity index is 903. The molecule has 2 amide bonds. The molecule has 2 N–H and O–H groups in total. The molecule has 146 valence electrons. The second-order valence-electron chi connectivity index (χ2n) is 7.42. The van der Waals surface area contributed by atoms with Crippen LogP contribution in [0, 0.1) is 0 Å². The average Bonchev–Trinajstić information content (AvgIpc) is 3.05.